The molecule has 0 aliphatic carbocycles. The Balaban J connectivity index is 2.99. The van der Waals surface area contributed by atoms with Gasteiger partial charge in [0.05, 0.1) is 66.1 Å². The van der Waals surface area contributed by atoms with E-state index >= 15 is 0 Å². The molecule has 0 atom stereocenters. The van der Waals surface area contributed by atoms with E-state index in [1.54, 1.807) is 0 Å². The van der Waals surface area contributed by atoms with E-state index in [1.165, 1.54) is 0 Å². The molecular formula is C12H24N6O5. The molecule has 0 aromatic heterocycles. The summed E-state index contributed by atoms with van der Waals surface area (Å²) < 4.78 is 26.2. The molecule has 0 saturated heterocycles. The minimum Gasteiger partial charge on any atom is -0.379 e. The molecule has 0 rings (SSSR count). The highest BCUT2D eigenvalue weighted by Gasteiger charge is 1.93. The maximum absolute atomic E-state index is 8.04. The highest BCUT2D eigenvalue weighted by Crippen LogP contribution is 1.84. The predicted octanol–water partition coefficient (Wildman–Crippen LogP) is 1.69. The van der Waals surface area contributed by atoms with Crippen molar-refractivity contribution in [3.8, 4) is 0 Å². The normalized spacial score (nSPS) is 10.1. The van der Waals surface area contributed by atoms with Crippen molar-refractivity contribution in [1.82, 2.24) is 0 Å². The van der Waals surface area contributed by atoms with Crippen LogP contribution in [-0.2, 0) is 23.7 Å². The highest BCUT2D eigenvalue weighted by molar-refractivity contribution is 4.45. The van der Waals surface area contributed by atoms with Crippen LogP contribution in [0.1, 0.15) is 0 Å². The maximum atomic E-state index is 8.04. The van der Waals surface area contributed by atoms with Crippen LogP contribution in [0.2, 0.25) is 0 Å². The summed E-state index contributed by atoms with van der Waals surface area (Å²) in [5.74, 6) is 0. The first-order valence-corrected chi connectivity index (χ1v) is 7.32. The van der Waals surface area contributed by atoms with Crippen molar-refractivity contribution in [3.63, 3.8) is 0 Å². The van der Waals surface area contributed by atoms with Gasteiger partial charge in [0.25, 0.3) is 0 Å². The van der Waals surface area contributed by atoms with Crippen molar-refractivity contribution in [2.24, 2.45) is 10.2 Å². The summed E-state index contributed by atoms with van der Waals surface area (Å²) in [6.45, 7) is 5.30. The van der Waals surface area contributed by atoms with Gasteiger partial charge >= 0.3 is 0 Å². The molecule has 0 aromatic rings. The van der Waals surface area contributed by atoms with E-state index in [-0.39, 0.29) is 0 Å². The zero-order valence-electron chi connectivity index (χ0n) is 13.2. The molecule has 11 heteroatoms. The third kappa shape index (κ3) is 20.4. The molecule has 0 saturated carbocycles. The minimum atomic E-state index is 0.332. The van der Waals surface area contributed by atoms with E-state index in [1.807, 2.05) is 0 Å². The molecule has 0 spiro atoms. The Morgan fingerprint density at radius 3 is 1.00 bits per heavy atom. The molecule has 0 N–H and O–H groups in total. The Labute approximate surface area is 135 Å². The van der Waals surface area contributed by atoms with Gasteiger partial charge in [-0.05, 0) is 11.1 Å². The molecule has 0 radical (unpaired) electrons. The number of hydrogen-bond donors (Lipinski definition) is 0. The van der Waals surface area contributed by atoms with Gasteiger partial charge in [0.15, 0.2) is 0 Å². The second-order valence-corrected chi connectivity index (χ2v) is 3.97. The third-order valence-corrected chi connectivity index (χ3v) is 2.29. The number of nitrogens with zero attached hydrogens (tertiary/aromatic N) is 6. The van der Waals surface area contributed by atoms with Crippen LogP contribution in [0.5, 0.6) is 0 Å². The predicted molar refractivity (Wildman–Crippen MR) is 82.1 cm³/mol. The second-order valence-electron chi connectivity index (χ2n) is 3.97. The first-order valence-electron chi connectivity index (χ1n) is 7.32. The van der Waals surface area contributed by atoms with Gasteiger partial charge in [0.2, 0.25) is 0 Å². The average molecular weight is 332 g/mol. The number of ether oxygens (including phenoxy) is 5. The molecule has 0 aromatic carbocycles. The Hall–Kier alpha value is -1.58. The van der Waals surface area contributed by atoms with Crippen LogP contribution >= 0.6 is 0 Å². The second kappa shape index (κ2) is 20.4. The van der Waals surface area contributed by atoms with Crippen molar-refractivity contribution in [2.75, 3.05) is 79.2 Å². The number of azide groups is 2. The van der Waals surface area contributed by atoms with Crippen LogP contribution in [0.25, 0.3) is 20.9 Å². The summed E-state index contributed by atoms with van der Waals surface area (Å²) in [4.78, 5) is 5.23. The lowest BCUT2D eigenvalue weighted by molar-refractivity contribution is -0.00998. The average Bonchev–Trinajstić information content (AvgIpc) is 2.57. The fraction of sp³-hybridized carbons (Fsp3) is 1.00. The summed E-state index contributed by atoms with van der Waals surface area (Å²) >= 11 is 0. The molecular weight excluding hydrogens is 308 g/mol. The summed E-state index contributed by atoms with van der Waals surface area (Å²) in [6.07, 6.45) is 0. The molecule has 0 aliphatic heterocycles. The van der Waals surface area contributed by atoms with Gasteiger partial charge in [-0.15, -0.1) is 0 Å². The quantitative estimate of drug-likeness (QED) is 0.162. The molecule has 0 unspecified atom stereocenters. The largest absolute Gasteiger partial charge is 0.379 e. The van der Waals surface area contributed by atoms with Gasteiger partial charge < -0.3 is 23.7 Å². The zero-order valence-corrected chi connectivity index (χ0v) is 13.2. The number of rotatable bonds is 18. The highest BCUT2D eigenvalue weighted by atomic mass is 16.6. The Bertz CT molecular complexity index is 315. The van der Waals surface area contributed by atoms with Crippen LogP contribution in [-0.4, -0.2) is 79.2 Å². The lowest BCUT2D eigenvalue weighted by atomic mass is 10.6. The van der Waals surface area contributed by atoms with Crippen molar-refractivity contribution in [2.45, 2.75) is 0 Å². The molecule has 132 valence electrons. The third-order valence-electron chi connectivity index (χ3n) is 2.29. The summed E-state index contributed by atoms with van der Waals surface area (Å²) in [7, 11) is 0. The Morgan fingerprint density at radius 2 is 0.739 bits per heavy atom. The summed E-state index contributed by atoms with van der Waals surface area (Å²) in [6, 6.07) is 0. The summed E-state index contributed by atoms with van der Waals surface area (Å²) in [5.41, 5.74) is 16.1. The van der Waals surface area contributed by atoms with E-state index < -0.39 is 0 Å². The Kier molecular flexibility index (Phi) is 19.0. The topological polar surface area (TPSA) is 144 Å². The van der Waals surface area contributed by atoms with E-state index in [9.17, 15) is 0 Å². The first-order chi connectivity index (χ1) is 11.4. The first kappa shape index (κ1) is 21.4. The van der Waals surface area contributed by atoms with E-state index in [0.29, 0.717) is 79.2 Å². The van der Waals surface area contributed by atoms with Crippen molar-refractivity contribution in [1.29, 1.82) is 0 Å². The minimum absolute atomic E-state index is 0.332. The van der Waals surface area contributed by atoms with Crippen molar-refractivity contribution >= 4 is 0 Å². The smallest absolute Gasteiger partial charge is 0.0701 e. The molecule has 0 bridgehead atoms. The zero-order chi connectivity index (χ0) is 16.8. The van der Waals surface area contributed by atoms with Gasteiger partial charge in [-0.1, -0.05) is 10.2 Å². The van der Waals surface area contributed by atoms with E-state index in [0.717, 1.165) is 0 Å². The maximum Gasteiger partial charge on any atom is 0.0701 e. The Morgan fingerprint density at radius 1 is 0.478 bits per heavy atom. The van der Waals surface area contributed by atoms with Crippen molar-refractivity contribution in [3.05, 3.63) is 20.9 Å². The van der Waals surface area contributed by atoms with Gasteiger partial charge in [0.1, 0.15) is 0 Å². The van der Waals surface area contributed by atoms with Crippen LogP contribution < -0.4 is 0 Å². The number of hydrogen-bond acceptors (Lipinski definition) is 7. The van der Waals surface area contributed by atoms with Gasteiger partial charge in [-0.3, -0.25) is 0 Å². The summed E-state index contributed by atoms with van der Waals surface area (Å²) in [5, 5.41) is 6.68. The standard InChI is InChI=1S/C12H24N6O5/c13-17-15-1-3-19-5-7-21-9-11-23-12-10-22-8-6-20-4-2-16-18-14/h1-12H2. The SMILES string of the molecule is [N-]=[N+]=NCCOCCOCCOCCOCCOCCN=[N+]=[N-]. The van der Waals surface area contributed by atoms with Crippen LogP contribution in [0, 0.1) is 0 Å². The fourth-order valence-corrected chi connectivity index (χ4v) is 1.28. The van der Waals surface area contributed by atoms with Crippen molar-refractivity contribution < 1.29 is 23.7 Å². The lowest BCUT2D eigenvalue weighted by Crippen LogP contribution is -2.13. The molecule has 23 heavy (non-hydrogen) atoms. The van der Waals surface area contributed by atoms with Crippen LogP contribution in [0.15, 0.2) is 10.2 Å². The molecule has 0 aliphatic rings. The monoisotopic (exact) mass is 332 g/mol. The van der Waals surface area contributed by atoms with Gasteiger partial charge in [-0.2, -0.15) is 0 Å². The molecule has 0 fully saturated rings. The lowest BCUT2D eigenvalue weighted by Gasteiger charge is -2.07. The van der Waals surface area contributed by atoms with E-state index in [4.69, 9.17) is 34.7 Å². The fourth-order valence-electron chi connectivity index (χ4n) is 1.28. The van der Waals surface area contributed by atoms with E-state index in [2.05, 4.69) is 20.1 Å². The molecule has 0 amide bonds. The molecule has 11 nitrogen and oxygen atoms in total. The van der Waals surface area contributed by atoms with Crippen LogP contribution in [0.4, 0.5) is 0 Å². The van der Waals surface area contributed by atoms with Gasteiger partial charge in [-0.25, -0.2) is 0 Å². The van der Waals surface area contributed by atoms with Crippen LogP contribution in [0.3, 0.4) is 0 Å². The van der Waals surface area contributed by atoms with Gasteiger partial charge in [0, 0.05) is 22.9 Å². The molecule has 0 heterocycles.